The van der Waals surface area contributed by atoms with E-state index in [2.05, 4.69) is 17.2 Å². The highest BCUT2D eigenvalue weighted by atomic mass is 16.5. The monoisotopic (exact) mass is 371 g/mol. The second kappa shape index (κ2) is 8.33. The molecule has 2 aromatic rings. The van der Waals surface area contributed by atoms with Gasteiger partial charge in [-0.25, -0.2) is 4.98 Å². The molecule has 0 saturated heterocycles. The van der Waals surface area contributed by atoms with Crippen molar-refractivity contribution in [3.8, 4) is 0 Å². The fraction of sp³-hybridized carbons (Fsp3) is 0.500. The molecule has 3 atom stereocenters. The molecular weight excluding hydrogens is 346 g/mol. The van der Waals surface area contributed by atoms with Crippen LogP contribution in [-0.4, -0.2) is 33.6 Å². The first-order valence-electron chi connectivity index (χ1n) is 9.39. The third-order valence-corrected chi connectivity index (χ3v) is 5.15. The van der Waals surface area contributed by atoms with Gasteiger partial charge in [0.1, 0.15) is 6.54 Å². The molecule has 1 amide bonds. The number of benzene rings is 1. The van der Waals surface area contributed by atoms with E-state index in [1.165, 1.54) is 17.3 Å². The van der Waals surface area contributed by atoms with Crippen molar-refractivity contribution in [1.29, 1.82) is 0 Å². The van der Waals surface area contributed by atoms with E-state index in [0.717, 1.165) is 19.3 Å². The SMILES string of the molecule is C[C@@H](OC(=O)Cn1cnc2ccccc2c1=O)C(=O)N[C@@H]1CCCC[C@@H]1C. The average molecular weight is 371 g/mol. The summed E-state index contributed by atoms with van der Waals surface area (Å²) in [6.07, 6.45) is 4.74. The third-order valence-electron chi connectivity index (χ3n) is 5.15. The Morgan fingerprint density at radius 1 is 1.30 bits per heavy atom. The summed E-state index contributed by atoms with van der Waals surface area (Å²) < 4.78 is 6.41. The Morgan fingerprint density at radius 3 is 2.81 bits per heavy atom. The highest BCUT2D eigenvalue weighted by Gasteiger charge is 2.26. The number of esters is 1. The maximum atomic E-state index is 12.4. The first-order chi connectivity index (χ1) is 13.0. The number of hydrogen-bond donors (Lipinski definition) is 1. The van der Waals surface area contributed by atoms with Crippen LogP contribution in [0.5, 0.6) is 0 Å². The van der Waals surface area contributed by atoms with Crippen LogP contribution in [0.25, 0.3) is 10.9 Å². The molecule has 1 N–H and O–H groups in total. The lowest BCUT2D eigenvalue weighted by Gasteiger charge is -2.30. The number of amides is 1. The molecule has 1 aliphatic carbocycles. The standard InChI is InChI=1S/C20H25N3O4/c1-13-7-3-5-9-16(13)22-19(25)14(2)27-18(24)11-23-12-21-17-10-6-4-8-15(17)20(23)26/h4,6,8,10,12-14,16H,3,5,7,9,11H2,1-2H3,(H,22,25)/t13-,14+,16+/m0/s1. The van der Waals surface area contributed by atoms with Gasteiger partial charge >= 0.3 is 5.97 Å². The normalized spacial score (nSPS) is 20.8. The minimum absolute atomic E-state index is 0.125. The summed E-state index contributed by atoms with van der Waals surface area (Å²) in [6, 6.07) is 7.05. The minimum Gasteiger partial charge on any atom is -0.451 e. The summed E-state index contributed by atoms with van der Waals surface area (Å²) in [4.78, 5) is 41.1. The number of rotatable bonds is 5. The smallest absolute Gasteiger partial charge is 0.326 e. The van der Waals surface area contributed by atoms with Gasteiger partial charge in [-0.15, -0.1) is 0 Å². The Hall–Kier alpha value is -2.70. The Kier molecular flexibility index (Phi) is 5.88. The number of ether oxygens (including phenoxy) is 1. The molecule has 1 aromatic heterocycles. The molecule has 0 unspecified atom stereocenters. The van der Waals surface area contributed by atoms with Gasteiger partial charge in [-0.05, 0) is 37.8 Å². The number of carbonyl (C=O) groups is 2. The molecular formula is C20H25N3O4. The van der Waals surface area contributed by atoms with Crippen LogP contribution >= 0.6 is 0 Å². The van der Waals surface area contributed by atoms with Crippen LogP contribution in [0, 0.1) is 5.92 Å². The molecule has 0 aliphatic heterocycles. The Labute approximate surface area is 157 Å². The number of carbonyl (C=O) groups excluding carboxylic acids is 2. The van der Waals surface area contributed by atoms with Crippen molar-refractivity contribution >= 4 is 22.8 Å². The molecule has 1 saturated carbocycles. The molecule has 27 heavy (non-hydrogen) atoms. The van der Waals surface area contributed by atoms with Crippen LogP contribution < -0.4 is 10.9 Å². The number of para-hydroxylation sites is 1. The molecule has 1 aliphatic rings. The summed E-state index contributed by atoms with van der Waals surface area (Å²) >= 11 is 0. The summed E-state index contributed by atoms with van der Waals surface area (Å²) in [6.45, 7) is 3.39. The van der Waals surface area contributed by atoms with Crippen LogP contribution in [-0.2, 0) is 20.9 Å². The summed E-state index contributed by atoms with van der Waals surface area (Å²) in [5, 5.41) is 3.41. The second-order valence-electron chi connectivity index (χ2n) is 7.20. The lowest BCUT2D eigenvalue weighted by Crippen LogP contribution is -2.46. The van der Waals surface area contributed by atoms with Crippen LogP contribution in [0.2, 0.25) is 0 Å². The average Bonchev–Trinajstić information content (AvgIpc) is 2.66. The maximum Gasteiger partial charge on any atom is 0.326 e. The van der Waals surface area contributed by atoms with Crippen LogP contribution in [0.4, 0.5) is 0 Å². The van der Waals surface area contributed by atoms with E-state index in [1.54, 1.807) is 31.2 Å². The van der Waals surface area contributed by atoms with Gasteiger partial charge in [-0.3, -0.25) is 19.0 Å². The number of nitrogens with zero attached hydrogens (tertiary/aromatic N) is 2. The van der Waals surface area contributed by atoms with Crippen LogP contribution in [0.3, 0.4) is 0 Å². The Bertz CT molecular complexity index is 892. The van der Waals surface area contributed by atoms with E-state index in [4.69, 9.17) is 4.74 Å². The van der Waals surface area contributed by atoms with Gasteiger partial charge in [-0.2, -0.15) is 0 Å². The molecule has 0 spiro atoms. The van der Waals surface area contributed by atoms with Crippen LogP contribution in [0.15, 0.2) is 35.4 Å². The van der Waals surface area contributed by atoms with Crippen molar-refractivity contribution in [3.63, 3.8) is 0 Å². The van der Waals surface area contributed by atoms with Gasteiger partial charge in [0.25, 0.3) is 11.5 Å². The van der Waals surface area contributed by atoms with Crippen molar-refractivity contribution in [3.05, 3.63) is 40.9 Å². The first-order valence-corrected chi connectivity index (χ1v) is 9.39. The molecule has 3 rings (SSSR count). The lowest BCUT2D eigenvalue weighted by molar-refractivity contribution is -0.155. The van der Waals surface area contributed by atoms with Crippen molar-refractivity contribution < 1.29 is 14.3 Å². The van der Waals surface area contributed by atoms with E-state index in [9.17, 15) is 14.4 Å². The highest BCUT2D eigenvalue weighted by molar-refractivity contribution is 5.83. The van der Waals surface area contributed by atoms with Crippen LogP contribution in [0.1, 0.15) is 39.5 Å². The largest absolute Gasteiger partial charge is 0.451 e. The zero-order chi connectivity index (χ0) is 19.4. The zero-order valence-electron chi connectivity index (χ0n) is 15.7. The van der Waals surface area contributed by atoms with Crippen molar-refractivity contribution in [2.24, 2.45) is 5.92 Å². The molecule has 7 heteroatoms. The minimum atomic E-state index is -0.907. The topological polar surface area (TPSA) is 90.3 Å². The van der Waals surface area contributed by atoms with E-state index in [-0.39, 0.29) is 24.1 Å². The molecule has 144 valence electrons. The highest BCUT2D eigenvalue weighted by Crippen LogP contribution is 2.23. The van der Waals surface area contributed by atoms with Gasteiger partial charge < -0.3 is 10.1 Å². The molecule has 1 aromatic carbocycles. The number of hydrogen-bond acceptors (Lipinski definition) is 5. The Morgan fingerprint density at radius 2 is 2.04 bits per heavy atom. The fourth-order valence-electron chi connectivity index (χ4n) is 3.48. The quantitative estimate of drug-likeness (QED) is 0.812. The van der Waals surface area contributed by atoms with Gasteiger partial charge in [0.15, 0.2) is 6.10 Å². The third kappa shape index (κ3) is 4.53. The van der Waals surface area contributed by atoms with Gasteiger partial charge in [0.05, 0.1) is 17.2 Å². The summed E-state index contributed by atoms with van der Waals surface area (Å²) in [5.74, 6) is -0.521. The predicted molar refractivity (Wildman–Crippen MR) is 101 cm³/mol. The zero-order valence-corrected chi connectivity index (χ0v) is 15.7. The van der Waals surface area contributed by atoms with E-state index < -0.39 is 12.1 Å². The summed E-state index contributed by atoms with van der Waals surface area (Å²) in [7, 11) is 0. The van der Waals surface area contributed by atoms with Gasteiger partial charge in [0.2, 0.25) is 0 Å². The second-order valence-corrected chi connectivity index (χ2v) is 7.20. The predicted octanol–water partition coefficient (Wildman–Crippen LogP) is 2.02. The first kappa shape index (κ1) is 19.1. The van der Waals surface area contributed by atoms with E-state index in [1.807, 2.05) is 0 Å². The van der Waals surface area contributed by atoms with E-state index >= 15 is 0 Å². The van der Waals surface area contributed by atoms with Crippen molar-refractivity contribution in [2.75, 3.05) is 0 Å². The van der Waals surface area contributed by atoms with Crippen molar-refractivity contribution in [2.45, 2.75) is 58.2 Å². The van der Waals surface area contributed by atoms with Gasteiger partial charge in [-0.1, -0.05) is 31.9 Å². The summed E-state index contributed by atoms with van der Waals surface area (Å²) in [5.41, 5.74) is 0.257. The van der Waals surface area contributed by atoms with Crippen molar-refractivity contribution in [1.82, 2.24) is 14.9 Å². The molecule has 0 bridgehead atoms. The van der Waals surface area contributed by atoms with E-state index in [0.29, 0.717) is 16.8 Å². The maximum absolute atomic E-state index is 12.4. The number of fused-ring (bicyclic) bond motifs is 1. The Balaban J connectivity index is 1.59. The lowest BCUT2D eigenvalue weighted by atomic mass is 9.86. The molecule has 1 fully saturated rings. The molecule has 0 radical (unpaired) electrons. The number of aromatic nitrogens is 2. The molecule has 7 nitrogen and oxygen atoms in total. The number of nitrogens with one attached hydrogen (secondary N) is 1. The fourth-order valence-corrected chi connectivity index (χ4v) is 3.48. The molecule has 1 heterocycles. The van der Waals surface area contributed by atoms with Gasteiger partial charge in [0, 0.05) is 6.04 Å².